The van der Waals surface area contributed by atoms with Crippen molar-refractivity contribution in [3.63, 3.8) is 0 Å². The molecule has 1 fully saturated rings. The van der Waals surface area contributed by atoms with E-state index in [2.05, 4.69) is 10.0 Å². The lowest BCUT2D eigenvalue weighted by Crippen LogP contribution is -2.37. The molecule has 1 aromatic carbocycles. The Balaban J connectivity index is 0.00000338. The largest absolute Gasteiger partial charge is 0.462 e. The van der Waals surface area contributed by atoms with E-state index < -0.39 is 26.6 Å². The summed E-state index contributed by atoms with van der Waals surface area (Å²) in [7, 11) is -3.99. The van der Waals surface area contributed by atoms with Gasteiger partial charge in [-0.1, -0.05) is 0 Å². The molecule has 0 aliphatic carbocycles. The molecular weight excluding hydrogens is 386 g/mol. The first-order valence-corrected chi connectivity index (χ1v) is 9.43. The molecule has 146 valence electrons. The van der Waals surface area contributed by atoms with Crippen LogP contribution in [0.2, 0.25) is 0 Å². The third-order valence-corrected chi connectivity index (χ3v) is 5.44. The maximum Gasteiger partial charge on any atom is 0.338 e. The molecule has 1 unspecified atom stereocenters. The number of nitrogens with zero attached hydrogens (tertiary/aromatic N) is 1. The summed E-state index contributed by atoms with van der Waals surface area (Å²) < 4.78 is 32.3. The highest BCUT2D eigenvalue weighted by Crippen LogP contribution is 2.27. The third-order valence-electron chi connectivity index (χ3n) is 4.04. The summed E-state index contributed by atoms with van der Waals surface area (Å²) in [6.07, 6.45) is 1.82. The summed E-state index contributed by atoms with van der Waals surface area (Å²) in [6.45, 7) is 4.07. The van der Waals surface area contributed by atoms with Gasteiger partial charge in [0.15, 0.2) is 0 Å². The van der Waals surface area contributed by atoms with E-state index in [4.69, 9.17) is 4.74 Å². The Morgan fingerprint density at radius 3 is 2.69 bits per heavy atom. The monoisotopic (exact) mass is 407 g/mol. The Morgan fingerprint density at radius 2 is 2.15 bits per heavy atom. The number of ether oxygens (including phenoxy) is 1. The second-order valence-corrected chi connectivity index (χ2v) is 7.50. The average Bonchev–Trinajstić information content (AvgIpc) is 3.06. The van der Waals surface area contributed by atoms with E-state index in [-0.39, 0.29) is 47.6 Å². The van der Waals surface area contributed by atoms with Crippen LogP contribution in [0.1, 0.15) is 35.7 Å². The van der Waals surface area contributed by atoms with Gasteiger partial charge < -0.3 is 10.1 Å². The number of carbonyl (C=O) groups is 1. The van der Waals surface area contributed by atoms with E-state index in [0.717, 1.165) is 31.5 Å². The van der Waals surface area contributed by atoms with Crippen molar-refractivity contribution in [2.75, 3.05) is 19.7 Å². The maximum atomic E-state index is 12.5. The van der Waals surface area contributed by atoms with Gasteiger partial charge in [0.1, 0.15) is 0 Å². The van der Waals surface area contributed by atoms with E-state index >= 15 is 0 Å². The Hall–Kier alpha value is -1.75. The Labute approximate surface area is 158 Å². The van der Waals surface area contributed by atoms with E-state index in [9.17, 15) is 23.3 Å². The first-order chi connectivity index (χ1) is 11.8. The van der Waals surface area contributed by atoms with Crippen LogP contribution in [0, 0.1) is 17.0 Å². The molecule has 0 saturated carbocycles. The second kappa shape index (κ2) is 9.26. The molecule has 0 bridgehead atoms. The van der Waals surface area contributed by atoms with Crippen molar-refractivity contribution in [1.82, 2.24) is 10.0 Å². The van der Waals surface area contributed by atoms with E-state index in [1.807, 2.05) is 0 Å². The number of esters is 1. The summed E-state index contributed by atoms with van der Waals surface area (Å²) in [5.74, 6) is -0.794. The van der Waals surface area contributed by atoms with Gasteiger partial charge in [-0.05, 0) is 39.3 Å². The van der Waals surface area contributed by atoms with E-state index in [1.165, 1.54) is 6.92 Å². The number of hydrogen-bond donors (Lipinski definition) is 2. The number of hydrogen-bond acceptors (Lipinski definition) is 7. The number of nitro benzene ring substituents is 1. The Kier molecular flexibility index (Phi) is 7.94. The molecule has 1 aromatic rings. The molecule has 0 radical (unpaired) electrons. The van der Waals surface area contributed by atoms with Crippen molar-refractivity contribution < 1.29 is 22.9 Å². The lowest BCUT2D eigenvalue weighted by Gasteiger charge is -2.13. The van der Waals surface area contributed by atoms with Crippen molar-refractivity contribution >= 4 is 34.1 Å². The molecule has 2 N–H and O–H groups in total. The number of benzene rings is 1. The summed E-state index contributed by atoms with van der Waals surface area (Å²) >= 11 is 0. The van der Waals surface area contributed by atoms with Crippen molar-refractivity contribution in [1.29, 1.82) is 0 Å². The molecule has 26 heavy (non-hydrogen) atoms. The molecule has 11 heteroatoms. The van der Waals surface area contributed by atoms with Crippen LogP contribution in [0.25, 0.3) is 0 Å². The molecule has 0 aromatic heterocycles. The fourth-order valence-electron chi connectivity index (χ4n) is 2.66. The summed E-state index contributed by atoms with van der Waals surface area (Å²) in [4.78, 5) is 22.2. The zero-order chi connectivity index (χ0) is 18.6. The van der Waals surface area contributed by atoms with Gasteiger partial charge in [-0.3, -0.25) is 10.1 Å². The van der Waals surface area contributed by atoms with Gasteiger partial charge in [-0.15, -0.1) is 12.4 Å². The SMILES string of the molecule is CCOC(=O)c1cc(S(=O)(=O)NCC2CCCN2)cc([N+](=O)[O-])c1C.Cl. The predicted octanol–water partition coefficient (Wildman–Crippen LogP) is 1.53. The number of rotatable bonds is 7. The predicted molar refractivity (Wildman–Crippen MR) is 97.3 cm³/mol. The molecule has 2 rings (SSSR count). The number of carbonyl (C=O) groups excluding carboxylic acids is 1. The Morgan fingerprint density at radius 1 is 1.46 bits per heavy atom. The lowest BCUT2D eigenvalue weighted by atomic mass is 10.1. The Bertz CT molecular complexity index is 778. The van der Waals surface area contributed by atoms with Crippen molar-refractivity contribution in [2.24, 2.45) is 0 Å². The van der Waals surface area contributed by atoms with Crippen LogP contribution in [-0.2, 0) is 14.8 Å². The fraction of sp³-hybridized carbons (Fsp3) is 0.533. The minimum absolute atomic E-state index is 0. The van der Waals surface area contributed by atoms with E-state index in [0.29, 0.717) is 0 Å². The van der Waals surface area contributed by atoms with Crippen LogP contribution < -0.4 is 10.0 Å². The maximum absolute atomic E-state index is 12.5. The molecule has 0 amide bonds. The van der Waals surface area contributed by atoms with Crippen LogP contribution in [0.3, 0.4) is 0 Å². The van der Waals surface area contributed by atoms with Gasteiger partial charge in [-0.2, -0.15) is 0 Å². The lowest BCUT2D eigenvalue weighted by molar-refractivity contribution is -0.385. The van der Waals surface area contributed by atoms with Gasteiger partial charge in [0.2, 0.25) is 10.0 Å². The molecule has 1 heterocycles. The quantitative estimate of drug-likeness (QED) is 0.398. The average molecular weight is 408 g/mol. The smallest absolute Gasteiger partial charge is 0.338 e. The first-order valence-electron chi connectivity index (χ1n) is 7.95. The third kappa shape index (κ3) is 5.13. The van der Waals surface area contributed by atoms with Crippen LogP contribution in [-0.4, -0.2) is 45.0 Å². The minimum atomic E-state index is -3.99. The molecule has 1 atom stereocenters. The summed E-state index contributed by atoms with van der Waals surface area (Å²) in [5.41, 5.74) is -0.500. The molecule has 0 spiro atoms. The normalized spacial score (nSPS) is 16.8. The van der Waals surface area contributed by atoms with Crippen LogP contribution in [0.5, 0.6) is 0 Å². The van der Waals surface area contributed by atoms with Crippen molar-refractivity contribution in [3.05, 3.63) is 33.4 Å². The van der Waals surface area contributed by atoms with Crippen LogP contribution in [0.4, 0.5) is 5.69 Å². The minimum Gasteiger partial charge on any atom is -0.462 e. The highest BCUT2D eigenvalue weighted by Gasteiger charge is 2.27. The molecule has 1 aliphatic heterocycles. The van der Waals surface area contributed by atoms with Crippen LogP contribution in [0.15, 0.2) is 17.0 Å². The highest BCUT2D eigenvalue weighted by molar-refractivity contribution is 7.89. The fourth-order valence-corrected chi connectivity index (χ4v) is 3.79. The van der Waals surface area contributed by atoms with Gasteiger partial charge in [0.25, 0.3) is 5.69 Å². The van der Waals surface area contributed by atoms with E-state index in [1.54, 1.807) is 6.92 Å². The van der Waals surface area contributed by atoms with Gasteiger partial charge in [0, 0.05) is 24.2 Å². The number of sulfonamides is 1. The van der Waals surface area contributed by atoms with Crippen molar-refractivity contribution in [2.45, 2.75) is 37.6 Å². The van der Waals surface area contributed by atoms with Gasteiger partial charge in [0.05, 0.1) is 22.0 Å². The molecule has 1 saturated heterocycles. The molecule has 1 aliphatic rings. The first kappa shape index (κ1) is 22.3. The molecular formula is C15H22ClN3O6S. The topological polar surface area (TPSA) is 128 Å². The second-order valence-electron chi connectivity index (χ2n) is 5.74. The zero-order valence-electron chi connectivity index (χ0n) is 14.5. The number of nitrogens with one attached hydrogen (secondary N) is 2. The van der Waals surface area contributed by atoms with Gasteiger partial charge >= 0.3 is 5.97 Å². The van der Waals surface area contributed by atoms with Crippen LogP contribution >= 0.6 is 12.4 Å². The summed E-state index contributed by atoms with van der Waals surface area (Å²) in [5, 5.41) is 14.4. The zero-order valence-corrected chi connectivity index (χ0v) is 16.1. The van der Waals surface area contributed by atoms with Crippen molar-refractivity contribution in [3.8, 4) is 0 Å². The summed E-state index contributed by atoms with van der Waals surface area (Å²) in [6, 6.07) is 2.10. The standard InChI is InChI=1S/C15H21N3O6S.ClH/c1-3-24-15(19)13-7-12(8-14(10(13)2)18(20)21)25(22,23)17-9-11-5-4-6-16-11;/h7-8,11,16-17H,3-6,9H2,1-2H3;1H. The van der Waals surface area contributed by atoms with Gasteiger partial charge in [-0.25, -0.2) is 17.9 Å². The molecule has 9 nitrogen and oxygen atoms in total. The highest BCUT2D eigenvalue weighted by atomic mass is 35.5. The number of halogens is 1. The number of nitro groups is 1.